The highest BCUT2D eigenvalue weighted by Gasteiger charge is 2.38. The van der Waals surface area contributed by atoms with E-state index in [1.807, 2.05) is 0 Å². The minimum absolute atomic E-state index is 0.540. The quantitative estimate of drug-likeness (QED) is 0.887. The standard InChI is InChI=1S/C17H27NO/c1-6-13-14-9-8-10-15(19-7-2)16(14)11(3)12(4)17(13)18-5/h8-13,17-18H,6-7H2,1-5H3. The van der Waals surface area contributed by atoms with Crippen LogP contribution in [-0.4, -0.2) is 19.7 Å². The first kappa shape index (κ1) is 14.4. The van der Waals surface area contributed by atoms with E-state index >= 15 is 0 Å². The van der Waals surface area contributed by atoms with Gasteiger partial charge in [-0.05, 0) is 49.8 Å². The van der Waals surface area contributed by atoms with Crippen molar-refractivity contribution in [2.45, 2.75) is 52.0 Å². The lowest BCUT2D eigenvalue weighted by molar-refractivity contribution is 0.264. The molecule has 0 aliphatic heterocycles. The van der Waals surface area contributed by atoms with Crippen LogP contribution in [-0.2, 0) is 0 Å². The highest BCUT2D eigenvalue weighted by molar-refractivity contribution is 5.47. The van der Waals surface area contributed by atoms with E-state index in [9.17, 15) is 0 Å². The summed E-state index contributed by atoms with van der Waals surface area (Å²) in [5.74, 6) is 2.85. The number of rotatable bonds is 4. The van der Waals surface area contributed by atoms with Gasteiger partial charge >= 0.3 is 0 Å². The Bertz CT molecular complexity index is 429. The van der Waals surface area contributed by atoms with Gasteiger partial charge in [-0.15, -0.1) is 0 Å². The van der Waals surface area contributed by atoms with Gasteiger partial charge in [0.2, 0.25) is 0 Å². The van der Waals surface area contributed by atoms with Crippen molar-refractivity contribution in [2.24, 2.45) is 5.92 Å². The molecule has 19 heavy (non-hydrogen) atoms. The molecule has 1 N–H and O–H groups in total. The molecule has 0 amide bonds. The van der Waals surface area contributed by atoms with E-state index in [2.05, 4.69) is 58.3 Å². The van der Waals surface area contributed by atoms with Crippen LogP contribution < -0.4 is 10.1 Å². The molecular weight excluding hydrogens is 234 g/mol. The van der Waals surface area contributed by atoms with E-state index in [4.69, 9.17) is 4.74 Å². The van der Waals surface area contributed by atoms with Crippen LogP contribution in [0.2, 0.25) is 0 Å². The first-order valence-electron chi connectivity index (χ1n) is 7.58. The molecule has 1 aliphatic carbocycles. The minimum Gasteiger partial charge on any atom is -0.494 e. The fourth-order valence-electron chi connectivity index (χ4n) is 3.72. The molecule has 2 heteroatoms. The largest absolute Gasteiger partial charge is 0.494 e. The van der Waals surface area contributed by atoms with Crippen LogP contribution in [0, 0.1) is 5.92 Å². The second-order valence-corrected chi connectivity index (χ2v) is 5.67. The van der Waals surface area contributed by atoms with E-state index < -0.39 is 0 Å². The summed E-state index contributed by atoms with van der Waals surface area (Å²) >= 11 is 0. The SMILES string of the molecule is CCOc1cccc2c1C(C)C(C)C(NC)C2CC. The van der Waals surface area contributed by atoms with E-state index in [0.717, 1.165) is 12.4 Å². The van der Waals surface area contributed by atoms with Gasteiger partial charge in [0.25, 0.3) is 0 Å². The summed E-state index contributed by atoms with van der Waals surface area (Å²) in [5.41, 5.74) is 2.92. The van der Waals surface area contributed by atoms with E-state index in [1.165, 1.54) is 17.5 Å². The normalized spacial score (nSPS) is 29.9. The zero-order valence-electron chi connectivity index (χ0n) is 12.9. The van der Waals surface area contributed by atoms with Crippen LogP contribution >= 0.6 is 0 Å². The predicted octanol–water partition coefficient (Wildman–Crippen LogP) is 3.92. The Labute approximate surface area is 117 Å². The molecule has 0 radical (unpaired) electrons. The summed E-state index contributed by atoms with van der Waals surface area (Å²) in [6, 6.07) is 7.11. The Hall–Kier alpha value is -1.02. The van der Waals surface area contributed by atoms with Crippen LogP contribution in [0.25, 0.3) is 0 Å². The first-order chi connectivity index (χ1) is 9.15. The van der Waals surface area contributed by atoms with Crippen molar-refractivity contribution in [1.82, 2.24) is 5.32 Å². The summed E-state index contributed by atoms with van der Waals surface area (Å²) in [4.78, 5) is 0. The van der Waals surface area contributed by atoms with Crippen molar-refractivity contribution in [3.63, 3.8) is 0 Å². The van der Waals surface area contributed by atoms with Gasteiger partial charge in [-0.25, -0.2) is 0 Å². The van der Waals surface area contributed by atoms with Gasteiger partial charge in [-0.2, -0.15) is 0 Å². The Morgan fingerprint density at radius 2 is 1.95 bits per heavy atom. The Morgan fingerprint density at radius 3 is 2.53 bits per heavy atom. The van der Waals surface area contributed by atoms with Gasteiger partial charge in [0.1, 0.15) is 5.75 Å². The predicted molar refractivity (Wildman–Crippen MR) is 81.1 cm³/mol. The molecule has 4 unspecified atom stereocenters. The minimum atomic E-state index is 0.540. The zero-order valence-corrected chi connectivity index (χ0v) is 12.9. The number of ether oxygens (including phenoxy) is 1. The molecule has 0 aromatic heterocycles. The van der Waals surface area contributed by atoms with Gasteiger partial charge in [-0.3, -0.25) is 0 Å². The fraction of sp³-hybridized carbons (Fsp3) is 0.647. The number of benzene rings is 1. The van der Waals surface area contributed by atoms with Crippen molar-refractivity contribution in [1.29, 1.82) is 0 Å². The van der Waals surface area contributed by atoms with Crippen molar-refractivity contribution in [2.75, 3.05) is 13.7 Å². The van der Waals surface area contributed by atoms with Crippen molar-refractivity contribution in [3.8, 4) is 5.75 Å². The average Bonchev–Trinajstić information content (AvgIpc) is 2.42. The molecule has 0 heterocycles. The molecule has 4 atom stereocenters. The van der Waals surface area contributed by atoms with Crippen LogP contribution in [0.1, 0.15) is 57.1 Å². The van der Waals surface area contributed by atoms with Crippen LogP contribution in [0.15, 0.2) is 18.2 Å². The zero-order chi connectivity index (χ0) is 14.0. The summed E-state index contributed by atoms with van der Waals surface area (Å²) in [7, 11) is 2.09. The Morgan fingerprint density at radius 1 is 1.21 bits per heavy atom. The topological polar surface area (TPSA) is 21.3 Å². The average molecular weight is 261 g/mol. The van der Waals surface area contributed by atoms with E-state index in [-0.39, 0.29) is 0 Å². The second-order valence-electron chi connectivity index (χ2n) is 5.67. The summed E-state index contributed by atoms with van der Waals surface area (Å²) in [5, 5.41) is 3.54. The molecule has 1 aromatic carbocycles. The second kappa shape index (κ2) is 5.96. The number of nitrogens with one attached hydrogen (secondary N) is 1. The van der Waals surface area contributed by atoms with Gasteiger partial charge in [0, 0.05) is 11.6 Å². The van der Waals surface area contributed by atoms with Crippen molar-refractivity contribution >= 4 is 0 Å². The molecule has 0 saturated carbocycles. The molecule has 0 bridgehead atoms. The van der Waals surface area contributed by atoms with E-state index in [1.54, 1.807) is 0 Å². The van der Waals surface area contributed by atoms with Gasteiger partial charge < -0.3 is 10.1 Å². The lowest BCUT2D eigenvalue weighted by atomic mass is 9.67. The molecule has 106 valence electrons. The maximum atomic E-state index is 5.86. The van der Waals surface area contributed by atoms with Gasteiger partial charge in [0.05, 0.1) is 6.61 Å². The van der Waals surface area contributed by atoms with Crippen molar-refractivity contribution in [3.05, 3.63) is 29.3 Å². The van der Waals surface area contributed by atoms with Crippen LogP contribution in [0.5, 0.6) is 5.75 Å². The van der Waals surface area contributed by atoms with Crippen LogP contribution in [0.4, 0.5) is 0 Å². The lowest BCUT2D eigenvalue weighted by Gasteiger charge is -2.42. The third-order valence-corrected chi connectivity index (χ3v) is 4.82. The maximum absolute atomic E-state index is 5.86. The summed E-state index contributed by atoms with van der Waals surface area (Å²) in [6.45, 7) is 9.78. The maximum Gasteiger partial charge on any atom is 0.123 e. The smallest absolute Gasteiger partial charge is 0.123 e. The van der Waals surface area contributed by atoms with Gasteiger partial charge in [-0.1, -0.05) is 32.9 Å². The molecule has 1 aliphatic rings. The summed E-state index contributed by atoms with van der Waals surface area (Å²) in [6.07, 6.45) is 1.17. The third kappa shape index (κ3) is 2.38. The Kier molecular flexibility index (Phi) is 4.51. The molecule has 1 aromatic rings. The number of likely N-dealkylation sites (N-methyl/N-ethyl adjacent to an activating group) is 1. The van der Waals surface area contributed by atoms with Crippen LogP contribution in [0.3, 0.4) is 0 Å². The highest BCUT2D eigenvalue weighted by atomic mass is 16.5. The van der Waals surface area contributed by atoms with Crippen molar-refractivity contribution < 1.29 is 4.74 Å². The molecule has 0 spiro atoms. The monoisotopic (exact) mass is 261 g/mol. The Balaban J connectivity index is 2.53. The third-order valence-electron chi connectivity index (χ3n) is 4.82. The molecular formula is C17H27NO. The van der Waals surface area contributed by atoms with E-state index in [0.29, 0.717) is 23.8 Å². The molecule has 2 nitrogen and oxygen atoms in total. The number of hydrogen-bond acceptors (Lipinski definition) is 2. The lowest BCUT2D eigenvalue weighted by Crippen LogP contribution is -2.43. The molecule has 2 rings (SSSR count). The van der Waals surface area contributed by atoms with Gasteiger partial charge in [0.15, 0.2) is 0 Å². The fourth-order valence-corrected chi connectivity index (χ4v) is 3.72. The number of fused-ring (bicyclic) bond motifs is 1. The molecule has 0 fully saturated rings. The first-order valence-corrected chi connectivity index (χ1v) is 7.58. The number of hydrogen-bond donors (Lipinski definition) is 1. The molecule has 0 saturated heterocycles. The summed E-state index contributed by atoms with van der Waals surface area (Å²) < 4.78 is 5.86. The highest BCUT2D eigenvalue weighted by Crippen LogP contribution is 2.47.